The second-order valence-electron chi connectivity index (χ2n) is 11.6. The van der Waals surface area contributed by atoms with Gasteiger partial charge < -0.3 is 36.4 Å². The average Bonchev–Trinajstić information content (AvgIpc) is 3.69. The number of aromatic amines is 2. The van der Waals surface area contributed by atoms with Gasteiger partial charge in [-0.15, -0.1) is 0 Å². The number of para-hydroxylation sites is 2. The first-order valence-electron chi connectivity index (χ1n) is 15.8. The van der Waals surface area contributed by atoms with Gasteiger partial charge in [0.25, 0.3) is 0 Å². The number of urea groups is 1. The van der Waals surface area contributed by atoms with Crippen molar-refractivity contribution in [1.29, 1.82) is 0 Å². The molecule has 4 aromatic carbocycles. The number of carbonyl (C=O) groups is 2. The van der Waals surface area contributed by atoms with Crippen molar-refractivity contribution in [3.63, 3.8) is 0 Å². The first-order valence-corrected chi connectivity index (χ1v) is 15.8. The number of hydrogen-bond donors (Lipinski definition) is 6. The summed E-state index contributed by atoms with van der Waals surface area (Å²) in [4.78, 5) is 37.5. The summed E-state index contributed by atoms with van der Waals surface area (Å²) in [6, 6.07) is 26.8. The molecule has 0 aliphatic rings. The number of fused-ring (bicyclic) bond motifs is 2. The van der Waals surface area contributed by atoms with Crippen LogP contribution in [0.1, 0.15) is 42.4 Å². The van der Waals surface area contributed by atoms with Crippen molar-refractivity contribution in [2.24, 2.45) is 0 Å². The molecule has 0 radical (unpaired) electrons. The van der Waals surface area contributed by atoms with E-state index >= 15 is 0 Å². The Kier molecular flexibility index (Phi) is 9.38. The van der Waals surface area contributed by atoms with Gasteiger partial charge in [0, 0.05) is 28.7 Å². The Morgan fingerprint density at radius 2 is 1.74 bits per heavy atom. The van der Waals surface area contributed by atoms with E-state index in [2.05, 4.69) is 56.3 Å². The van der Waals surface area contributed by atoms with Crippen LogP contribution < -0.4 is 26.4 Å². The number of hydrogen-bond acceptors (Lipinski definition) is 5. The Bertz CT molecular complexity index is 2030. The Morgan fingerprint density at radius 3 is 2.57 bits per heavy atom. The van der Waals surface area contributed by atoms with Crippen LogP contribution in [0.15, 0.2) is 91.1 Å². The Morgan fingerprint density at radius 1 is 0.936 bits per heavy atom. The minimum atomic E-state index is -0.352. The molecule has 0 bridgehead atoms. The lowest BCUT2D eigenvalue weighted by Gasteiger charge is -2.17. The topological polar surface area (TPSA) is 150 Å². The van der Waals surface area contributed by atoms with Crippen molar-refractivity contribution < 1.29 is 14.3 Å². The van der Waals surface area contributed by atoms with Gasteiger partial charge in [-0.2, -0.15) is 0 Å². The molecule has 10 heteroatoms. The Labute approximate surface area is 273 Å². The fourth-order valence-electron chi connectivity index (χ4n) is 5.87. The van der Waals surface area contributed by atoms with E-state index in [0.29, 0.717) is 36.6 Å². The molecule has 2 heterocycles. The van der Waals surface area contributed by atoms with E-state index in [1.807, 2.05) is 55.6 Å². The molecule has 1 atom stereocenters. The van der Waals surface area contributed by atoms with Crippen molar-refractivity contribution in [3.05, 3.63) is 108 Å². The molecule has 6 aromatic rings. The first kappa shape index (κ1) is 31.2. The van der Waals surface area contributed by atoms with Gasteiger partial charge in [-0.1, -0.05) is 48.5 Å². The van der Waals surface area contributed by atoms with Crippen LogP contribution in [0.4, 0.5) is 16.2 Å². The van der Waals surface area contributed by atoms with Gasteiger partial charge in [0.2, 0.25) is 5.91 Å². The summed E-state index contributed by atoms with van der Waals surface area (Å²) in [6.45, 7) is 2.44. The summed E-state index contributed by atoms with van der Waals surface area (Å²) >= 11 is 0. The fourth-order valence-corrected chi connectivity index (χ4v) is 5.87. The Balaban J connectivity index is 1.14. The molecule has 2 aromatic heterocycles. The van der Waals surface area contributed by atoms with E-state index in [4.69, 9.17) is 15.5 Å². The van der Waals surface area contributed by atoms with Gasteiger partial charge in [-0.25, -0.2) is 9.78 Å². The number of methoxy groups -OCH3 is 1. The molecule has 0 aliphatic carbocycles. The summed E-state index contributed by atoms with van der Waals surface area (Å²) in [5.41, 5.74) is 11.7. The maximum atomic E-state index is 13.6. The average molecular weight is 630 g/mol. The predicted octanol–water partition coefficient (Wildman–Crippen LogP) is 7.00. The minimum absolute atomic E-state index is 0.108. The van der Waals surface area contributed by atoms with E-state index < -0.39 is 0 Å². The molecule has 47 heavy (non-hydrogen) atoms. The van der Waals surface area contributed by atoms with Crippen LogP contribution in [0.25, 0.3) is 32.9 Å². The van der Waals surface area contributed by atoms with Crippen molar-refractivity contribution in [2.75, 3.05) is 24.7 Å². The maximum Gasteiger partial charge on any atom is 0.319 e. The van der Waals surface area contributed by atoms with Gasteiger partial charge in [-0.3, -0.25) is 4.79 Å². The van der Waals surface area contributed by atoms with Crippen molar-refractivity contribution in [1.82, 2.24) is 25.6 Å². The van der Waals surface area contributed by atoms with Crippen LogP contribution in [0.2, 0.25) is 0 Å². The number of aryl methyl sites for hydroxylation is 1. The van der Waals surface area contributed by atoms with Crippen LogP contribution in [-0.2, 0) is 11.2 Å². The molecule has 7 N–H and O–H groups in total. The number of nitrogens with zero attached hydrogens (tertiary/aromatic N) is 1. The lowest BCUT2D eigenvalue weighted by molar-refractivity contribution is -0.121. The number of benzene rings is 4. The zero-order valence-electron chi connectivity index (χ0n) is 26.5. The molecule has 240 valence electrons. The number of nitrogens with one attached hydrogen (secondary N) is 5. The molecule has 0 saturated heterocycles. The van der Waals surface area contributed by atoms with Crippen molar-refractivity contribution in [3.8, 4) is 17.0 Å². The normalized spacial score (nSPS) is 11.8. The van der Waals surface area contributed by atoms with Gasteiger partial charge in [0.15, 0.2) is 0 Å². The van der Waals surface area contributed by atoms with Crippen LogP contribution in [0.3, 0.4) is 0 Å². The third-order valence-corrected chi connectivity index (χ3v) is 8.40. The smallest absolute Gasteiger partial charge is 0.319 e. The number of carbonyl (C=O) groups excluding carboxylic acids is 2. The monoisotopic (exact) mass is 629 g/mol. The highest BCUT2D eigenvalue weighted by atomic mass is 16.5. The highest BCUT2D eigenvalue weighted by Crippen LogP contribution is 2.28. The van der Waals surface area contributed by atoms with E-state index in [0.717, 1.165) is 51.0 Å². The molecule has 6 rings (SSSR count). The van der Waals surface area contributed by atoms with Gasteiger partial charge >= 0.3 is 6.03 Å². The maximum absolute atomic E-state index is 13.6. The van der Waals surface area contributed by atoms with Crippen molar-refractivity contribution >= 4 is 45.0 Å². The molecule has 3 amide bonds. The Hall–Kier alpha value is -5.77. The molecule has 0 saturated carbocycles. The van der Waals surface area contributed by atoms with Crippen LogP contribution >= 0.6 is 0 Å². The van der Waals surface area contributed by atoms with Crippen LogP contribution in [0.5, 0.6) is 5.75 Å². The third-order valence-electron chi connectivity index (χ3n) is 8.40. The third kappa shape index (κ3) is 7.38. The fraction of sp³-hybridized carbons (Fsp3) is 0.216. The second kappa shape index (κ2) is 14.1. The molecule has 10 nitrogen and oxygen atoms in total. The lowest BCUT2D eigenvalue weighted by Crippen LogP contribution is -2.31. The van der Waals surface area contributed by atoms with Crippen LogP contribution in [0, 0.1) is 6.92 Å². The van der Waals surface area contributed by atoms with E-state index in [-0.39, 0.29) is 24.4 Å². The number of aromatic nitrogens is 3. The summed E-state index contributed by atoms with van der Waals surface area (Å²) in [5.74, 6) is 1.31. The number of anilines is 2. The number of imidazole rings is 1. The number of ether oxygens (including phenoxy) is 1. The molecular weight excluding hydrogens is 590 g/mol. The zero-order valence-corrected chi connectivity index (χ0v) is 26.5. The molecule has 0 aliphatic heterocycles. The second-order valence-corrected chi connectivity index (χ2v) is 11.6. The summed E-state index contributed by atoms with van der Waals surface area (Å²) in [7, 11) is 1.63. The predicted molar refractivity (Wildman–Crippen MR) is 187 cm³/mol. The summed E-state index contributed by atoms with van der Waals surface area (Å²) < 4.78 is 5.43. The van der Waals surface area contributed by atoms with E-state index in [1.165, 1.54) is 5.39 Å². The largest absolute Gasteiger partial charge is 0.497 e. The quantitative estimate of drug-likeness (QED) is 0.0636. The van der Waals surface area contributed by atoms with Crippen LogP contribution in [-0.4, -0.2) is 40.5 Å². The number of amides is 3. The van der Waals surface area contributed by atoms with Gasteiger partial charge in [-0.05, 0) is 78.9 Å². The summed E-state index contributed by atoms with van der Waals surface area (Å²) in [6.07, 6.45) is 4.11. The van der Waals surface area contributed by atoms with E-state index in [9.17, 15) is 9.59 Å². The number of nitrogens with two attached hydrogens (primary N) is 1. The minimum Gasteiger partial charge on any atom is -0.497 e. The highest BCUT2D eigenvalue weighted by Gasteiger charge is 2.21. The number of H-pyrrole nitrogens is 2. The van der Waals surface area contributed by atoms with E-state index in [1.54, 1.807) is 19.2 Å². The number of rotatable bonds is 12. The summed E-state index contributed by atoms with van der Waals surface area (Å²) in [5, 5.41) is 12.2. The lowest BCUT2D eigenvalue weighted by atomic mass is 10.0. The van der Waals surface area contributed by atoms with Crippen molar-refractivity contribution in [2.45, 2.75) is 38.6 Å². The SMILES string of the molecule is COc1ccc2[nH]c(C)c(CC(=O)N[C@@H](CCCCNC(=O)Nc3ccccc3N)c3ncc(-c4ccc5ccccc5c4)[nH]3)c2c1. The highest BCUT2D eigenvalue weighted by molar-refractivity contribution is 5.93. The standard InChI is InChI=1S/C37H39N7O3/c1-23-28(29-20-27(47-2)16-17-31(29)41-23)21-35(45)42-33(13-7-8-18-39-37(46)44-32-12-6-5-11-30(32)38)36-40-22-34(43-36)26-15-14-24-9-3-4-10-25(24)19-26/h3-6,9-12,14-17,19-20,22,33,41H,7-8,13,18,21,38H2,1-2H3,(H,40,43)(H,42,45)(H2,39,44,46)/t33-/m0/s1. The molecule has 0 fully saturated rings. The molecule has 0 unspecified atom stereocenters. The first-order chi connectivity index (χ1) is 22.9. The molecular formula is C37H39N7O3. The molecule has 0 spiro atoms. The van der Waals surface area contributed by atoms with Gasteiger partial charge in [0.05, 0.1) is 42.8 Å². The number of nitrogen functional groups attached to an aromatic ring is 1. The van der Waals surface area contributed by atoms with Gasteiger partial charge in [0.1, 0.15) is 11.6 Å². The zero-order chi connectivity index (χ0) is 32.8. The number of unbranched alkanes of at least 4 members (excludes halogenated alkanes) is 1.